The molecule has 0 saturated carbocycles. The molecule has 0 aliphatic carbocycles. The number of hydrogen-bond acceptors (Lipinski definition) is 3. The summed E-state index contributed by atoms with van der Waals surface area (Å²) in [6.45, 7) is 9.75. The fourth-order valence-electron chi connectivity index (χ4n) is 1.73. The van der Waals surface area contributed by atoms with Gasteiger partial charge in [0.25, 0.3) is 0 Å². The monoisotopic (exact) mass is 200 g/mol. The lowest BCUT2D eigenvalue weighted by Crippen LogP contribution is -2.45. The summed E-state index contributed by atoms with van der Waals surface area (Å²) in [5, 5.41) is 3.10. The van der Waals surface area contributed by atoms with E-state index in [-0.39, 0.29) is 17.7 Å². The highest BCUT2D eigenvalue weighted by atomic mass is 16.5. The van der Waals surface area contributed by atoms with Gasteiger partial charge in [-0.15, -0.1) is 0 Å². The van der Waals surface area contributed by atoms with Gasteiger partial charge in [0.15, 0.2) is 0 Å². The molecule has 1 atom stereocenters. The van der Waals surface area contributed by atoms with E-state index >= 15 is 0 Å². The van der Waals surface area contributed by atoms with Crippen LogP contribution in [0, 0.1) is 0 Å². The van der Waals surface area contributed by atoms with E-state index in [1.165, 1.54) is 0 Å². The number of carbonyl (C=O) groups excluding carboxylic acids is 1. The Kier molecular flexibility index (Phi) is 3.50. The standard InChI is InChI=1S/C10H20N2O2/c1-5-14-10(3,4)7-12-8(2)11-6-9(12)13/h8,11H,5-7H2,1-4H3. The van der Waals surface area contributed by atoms with Crippen molar-refractivity contribution in [2.45, 2.75) is 39.5 Å². The Morgan fingerprint density at radius 2 is 2.29 bits per heavy atom. The molecule has 82 valence electrons. The van der Waals surface area contributed by atoms with Crippen LogP contribution >= 0.6 is 0 Å². The smallest absolute Gasteiger partial charge is 0.237 e. The molecule has 0 spiro atoms. The van der Waals surface area contributed by atoms with Gasteiger partial charge in [0, 0.05) is 6.61 Å². The Labute approximate surface area is 85.6 Å². The molecule has 0 bridgehead atoms. The van der Waals surface area contributed by atoms with E-state index in [4.69, 9.17) is 4.74 Å². The Bertz CT molecular complexity index is 216. The van der Waals surface area contributed by atoms with Gasteiger partial charge in [0.1, 0.15) is 0 Å². The topological polar surface area (TPSA) is 41.6 Å². The molecule has 0 aromatic heterocycles. The molecule has 1 N–H and O–H groups in total. The third kappa shape index (κ3) is 2.69. The first kappa shape index (κ1) is 11.5. The van der Waals surface area contributed by atoms with Gasteiger partial charge >= 0.3 is 0 Å². The van der Waals surface area contributed by atoms with E-state index in [2.05, 4.69) is 5.32 Å². The van der Waals surface area contributed by atoms with Gasteiger partial charge in [-0.1, -0.05) is 0 Å². The zero-order chi connectivity index (χ0) is 10.8. The molecule has 4 nitrogen and oxygen atoms in total. The van der Waals surface area contributed by atoms with E-state index in [9.17, 15) is 4.79 Å². The fraction of sp³-hybridized carbons (Fsp3) is 0.900. The van der Waals surface area contributed by atoms with Crippen LogP contribution in [0.25, 0.3) is 0 Å². The first-order valence-electron chi connectivity index (χ1n) is 5.13. The number of nitrogens with zero attached hydrogens (tertiary/aromatic N) is 1. The summed E-state index contributed by atoms with van der Waals surface area (Å²) in [6.07, 6.45) is 0.127. The van der Waals surface area contributed by atoms with Gasteiger partial charge in [-0.2, -0.15) is 0 Å². The summed E-state index contributed by atoms with van der Waals surface area (Å²) >= 11 is 0. The molecule has 0 radical (unpaired) electrons. The lowest BCUT2D eigenvalue weighted by atomic mass is 10.1. The molecule has 1 aliphatic heterocycles. The third-order valence-corrected chi connectivity index (χ3v) is 2.42. The van der Waals surface area contributed by atoms with Crippen molar-refractivity contribution in [1.82, 2.24) is 10.2 Å². The minimum absolute atomic E-state index is 0.127. The summed E-state index contributed by atoms with van der Waals surface area (Å²) < 4.78 is 5.57. The summed E-state index contributed by atoms with van der Waals surface area (Å²) in [5.74, 6) is 0.158. The summed E-state index contributed by atoms with van der Waals surface area (Å²) in [7, 11) is 0. The van der Waals surface area contributed by atoms with Gasteiger partial charge in [-0.25, -0.2) is 0 Å². The first-order chi connectivity index (χ1) is 6.46. The van der Waals surface area contributed by atoms with Crippen molar-refractivity contribution in [1.29, 1.82) is 0 Å². The summed E-state index contributed by atoms with van der Waals surface area (Å²) in [4.78, 5) is 13.3. The molecule has 0 aromatic rings. The maximum absolute atomic E-state index is 11.5. The molecular formula is C10H20N2O2. The van der Waals surface area contributed by atoms with E-state index in [0.717, 1.165) is 0 Å². The van der Waals surface area contributed by atoms with Crippen LogP contribution < -0.4 is 5.32 Å². The van der Waals surface area contributed by atoms with Gasteiger partial charge in [0.2, 0.25) is 5.91 Å². The van der Waals surface area contributed by atoms with E-state index < -0.39 is 0 Å². The maximum atomic E-state index is 11.5. The molecule has 1 saturated heterocycles. The average molecular weight is 200 g/mol. The highest BCUT2D eigenvalue weighted by Crippen LogP contribution is 2.15. The van der Waals surface area contributed by atoms with Crippen LogP contribution in [0.3, 0.4) is 0 Å². The van der Waals surface area contributed by atoms with Gasteiger partial charge < -0.3 is 9.64 Å². The van der Waals surface area contributed by atoms with Crippen molar-refractivity contribution in [2.75, 3.05) is 19.7 Å². The molecule has 1 heterocycles. The fourth-order valence-corrected chi connectivity index (χ4v) is 1.73. The van der Waals surface area contributed by atoms with Gasteiger partial charge in [-0.3, -0.25) is 10.1 Å². The van der Waals surface area contributed by atoms with Crippen LogP contribution in [-0.2, 0) is 9.53 Å². The molecular weight excluding hydrogens is 180 g/mol. The number of ether oxygens (including phenoxy) is 1. The molecule has 1 unspecified atom stereocenters. The Balaban J connectivity index is 2.53. The van der Waals surface area contributed by atoms with E-state index in [1.807, 2.05) is 32.6 Å². The molecule has 1 rings (SSSR count). The van der Waals surface area contributed by atoms with Crippen molar-refractivity contribution in [3.63, 3.8) is 0 Å². The molecule has 14 heavy (non-hydrogen) atoms. The molecule has 0 aromatic carbocycles. The number of hydrogen-bond donors (Lipinski definition) is 1. The molecule has 4 heteroatoms. The van der Waals surface area contributed by atoms with E-state index in [1.54, 1.807) is 0 Å². The third-order valence-electron chi connectivity index (χ3n) is 2.42. The zero-order valence-electron chi connectivity index (χ0n) is 9.46. The predicted molar refractivity (Wildman–Crippen MR) is 54.9 cm³/mol. The average Bonchev–Trinajstić information content (AvgIpc) is 2.35. The summed E-state index contributed by atoms with van der Waals surface area (Å²) in [6, 6.07) is 0. The Hall–Kier alpha value is -0.610. The Morgan fingerprint density at radius 1 is 1.64 bits per heavy atom. The van der Waals surface area contributed by atoms with Crippen molar-refractivity contribution < 1.29 is 9.53 Å². The predicted octanol–water partition coefficient (Wildman–Crippen LogP) is 0.579. The second kappa shape index (κ2) is 4.28. The minimum Gasteiger partial charge on any atom is -0.374 e. The second-order valence-electron chi connectivity index (χ2n) is 4.27. The van der Waals surface area contributed by atoms with Gasteiger partial charge in [0.05, 0.1) is 24.9 Å². The quantitative estimate of drug-likeness (QED) is 0.721. The van der Waals surface area contributed by atoms with Crippen LogP contribution in [0.1, 0.15) is 27.7 Å². The van der Waals surface area contributed by atoms with Crippen LogP contribution in [0.2, 0.25) is 0 Å². The lowest BCUT2D eigenvalue weighted by Gasteiger charge is -2.32. The summed E-state index contributed by atoms with van der Waals surface area (Å²) in [5.41, 5.74) is -0.259. The lowest BCUT2D eigenvalue weighted by molar-refractivity contribution is -0.132. The van der Waals surface area contributed by atoms with Gasteiger partial charge in [-0.05, 0) is 27.7 Å². The second-order valence-corrected chi connectivity index (χ2v) is 4.27. The van der Waals surface area contributed by atoms with Crippen LogP contribution in [0.4, 0.5) is 0 Å². The largest absolute Gasteiger partial charge is 0.374 e. The number of amides is 1. The van der Waals surface area contributed by atoms with Crippen molar-refractivity contribution in [2.24, 2.45) is 0 Å². The normalized spacial score (nSPS) is 23.3. The Morgan fingerprint density at radius 3 is 2.71 bits per heavy atom. The van der Waals surface area contributed by atoms with Crippen molar-refractivity contribution in [3.05, 3.63) is 0 Å². The van der Waals surface area contributed by atoms with Crippen LogP contribution in [-0.4, -0.2) is 42.3 Å². The number of nitrogens with one attached hydrogen (secondary N) is 1. The maximum Gasteiger partial charge on any atom is 0.237 e. The minimum atomic E-state index is -0.259. The molecule has 1 aliphatic rings. The first-order valence-corrected chi connectivity index (χ1v) is 5.13. The SMILES string of the molecule is CCOC(C)(C)CN1C(=O)CNC1C. The molecule has 1 fully saturated rings. The van der Waals surface area contributed by atoms with Crippen molar-refractivity contribution in [3.8, 4) is 0 Å². The number of rotatable bonds is 4. The van der Waals surface area contributed by atoms with Crippen molar-refractivity contribution >= 4 is 5.91 Å². The zero-order valence-corrected chi connectivity index (χ0v) is 9.46. The highest BCUT2D eigenvalue weighted by Gasteiger charge is 2.32. The highest BCUT2D eigenvalue weighted by molar-refractivity contribution is 5.80. The van der Waals surface area contributed by atoms with E-state index in [0.29, 0.717) is 19.7 Å². The van der Waals surface area contributed by atoms with Crippen LogP contribution in [0.5, 0.6) is 0 Å². The molecule has 1 amide bonds. The number of carbonyl (C=O) groups is 1. The van der Waals surface area contributed by atoms with Crippen LogP contribution in [0.15, 0.2) is 0 Å².